The quantitative estimate of drug-likeness (QED) is 0.691. The van der Waals surface area contributed by atoms with Crippen molar-refractivity contribution in [1.29, 1.82) is 0 Å². The van der Waals surface area contributed by atoms with Gasteiger partial charge >= 0.3 is 5.97 Å². The highest BCUT2D eigenvalue weighted by Gasteiger charge is 2.35. The van der Waals surface area contributed by atoms with Crippen LogP contribution < -0.4 is 5.32 Å². The van der Waals surface area contributed by atoms with E-state index in [0.29, 0.717) is 12.5 Å². The number of carboxylic acids is 1. The smallest absolute Gasteiger partial charge is 0.318 e. The third kappa shape index (κ3) is 3.70. The Bertz CT molecular complexity index is 302. The monoisotopic (exact) mass is 242 g/mol. The van der Waals surface area contributed by atoms with Gasteiger partial charge in [-0.15, -0.1) is 0 Å². The van der Waals surface area contributed by atoms with Gasteiger partial charge in [0.1, 0.15) is 5.41 Å². The summed E-state index contributed by atoms with van der Waals surface area (Å²) in [4.78, 5) is 24.8. The topological polar surface area (TPSA) is 69.6 Å². The fraction of sp³-hybridized carbons (Fsp3) is 0.833. The van der Waals surface area contributed by atoms with Gasteiger partial charge < -0.3 is 15.3 Å². The summed E-state index contributed by atoms with van der Waals surface area (Å²) >= 11 is 0. The molecule has 1 unspecified atom stereocenters. The molecule has 1 amide bonds. The summed E-state index contributed by atoms with van der Waals surface area (Å²) in [5.74, 6) is -0.875. The zero-order valence-electron chi connectivity index (χ0n) is 10.8. The highest BCUT2D eigenvalue weighted by molar-refractivity contribution is 6.00. The summed E-state index contributed by atoms with van der Waals surface area (Å²) in [7, 11) is 2.09. The first-order valence-corrected chi connectivity index (χ1v) is 6.04. The normalized spacial score (nSPS) is 21.5. The van der Waals surface area contributed by atoms with Crippen molar-refractivity contribution in [1.82, 2.24) is 10.2 Å². The van der Waals surface area contributed by atoms with E-state index >= 15 is 0 Å². The van der Waals surface area contributed by atoms with E-state index in [1.807, 2.05) is 0 Å². The Morgan fingerprint density at radius 2 is 2.12 bits per heavy atom. The average Bonchev–Trinajstić information content (AvgIpc) is 2.63. The van der Waals surface area contributed by atoms with Crippen molar-refractivity contribution in [3.05, 3.63) is 0 Å². The molecule has 2 N–H and O–H groups in total. The van der Waals surface area contributed by atoms with Gasteiger partial charge in [-0.1, -0.05) is 0 Å². The van der Waals surface area contributed by atoms with Gasteiger partial charge in [-0.05, 0) is 46.2 Å². The Labute approximate surface area is 102 Å². The number of likely N-dealkylation sites (tertiary alicyclic amines) is 1. The maximum atomic E-state index is 11.6. The second-order valence-electron chi connectivity index (χ2n) is 5.39. The van der Waals surface area contributed by atoms with Crippen LogP contribution >= 0.6 is 0 Å². The minimum absolute atomic E-state index is 0.406. The van der Waals surface area contributed by atoms with Gasteiger partial charge in [0.15, 0.2) is 0 Å². The van der Waals surface area contributed by atoms with Crippen molar-refractivity contribution >= 4 is 11.9 Å². The van der Waals surface area contributed by atoms with Crippen LogP contribution in [0.1, 0.15) is 26.7 Å². The van der Waals surface area contributed by atoms with Crippen LogP contribution in [0.4, 0.5) is 0 Å². The first-order chi connectivity index (χ1) is 7.84. The zero-order chi connectivity index (χ0) is 13.1. The Hall–Kier alpha value is -1.10. The van der Waals surface area contributed by atoms with Crippen LogP contribution in [0.3, 0.4) is 0 Å². The third-order valence-corrected chi connectivity index (χ3v) is 3.43. The van der Waals surface area contributed by atoms with Crippen molar-refractivity contribution in [2.45, 2.75) is 26.7 Å². The maximum Gasteiger partial charge on any atom is 0.318 e. The number of nitrogens with one attached hydrogen (secondary N) is 1. The molecule has 0 aliphatic carbocycles. The highest BCUT2D eigenvalue weighted by atomic mass is 16.4. The predicted octanol–water partition coefficient (Wildman–Crippen LogP) is 0.555. The molecule has 1 atom stereocenters. The second kappa shape index (κ2) is 5.49. The minimum atomic E-state index is -1.34. The highest BCUT2D eigenvalue weighted by Crippen LogP contribution is 2.18. The first-order valence-electron chi connectivity index (χ1n) is 6.04. The molecule has 1 rings (SSSR count). The molecule has 0 aromatic carbocycles. The molecule has 17 heavy (non-hydrogen) atoms. The molecule has 0 radical (unpaired) electrons. The van der Waals surface area contributed by atoms with E-state index < -0.39 is 17.3 Å². The summed E-state index contributed by atoms with van der Waals surface area (Å²) in [5, 5.41) is 11.6. The number of aliphatic carboxylic acids is 1. The standard InChI is InChI=1S/C12H22N2O3/c1-12(2,11(16)17)10(15)13-6-4-9-5-7-14(3)8-9/h9H,4-8H2,1-3H3,(H,13,15)(H,16,17). The zero-order valence-corrected chi connectivity index (χ0v) is 10.8. The van der Waals surface area contributed by atoms with E-state index in [9.17, 15) is 9.59 Å². The lowest BCUT2D eigenvalue weighted by Gasteiger charge is -2.19. The summed E-state index contributed by atoms with van der Waals surface area (Å²) in [6.07, 6.45) is 2.08. The van der Waals surface area contributed by atoms with Crippen LogP contribution in [-0.4, -0.2) is 48.6 Å². The number of carbonyl (C=O) groups is 2. The number of carbonyl (C=O) groups excluding carboxylic acids is 1. The molecular weight excluding hydrogens is 220 g/mol. The van der Waals surface area contributed by atoms with Gasteiger partial charge in [0.05, 0.1) is 0 Å². The van der Waals surface area contributed by atoms with Crippen molar-refractivity contribution in [3.8, 4) is 0 Å². The molecule has 1 heterocycles. The van der Waals surface area contributed by atoms with Gasteiger partial charge in [0.2, 0.25) is 5.91 Å². The summed E-state index contributed by atoms with van der Waals surface area (Å²) in [6.45, 7) is 5.59. The van der Waals surface area contributed by atoms with Crippen LogP contribution in [0.5, 0.6) is 0 Å². The van der Waals surface area contributed by atoms with Crippen LogP contribution in [0, 0.1) is 11.3 Å². The van der Waals surface area contributed by atoms with Gasteiger partial charge in [-0.25, -0.2) is 0 Å². The number of amides is 1. The van der Waals surface area contributed by atoms with E-state index in [4.69, 9.17) is 5.11 Å². The maximum absolute atomic E-state index is 11.6. The molecule has 0 aromatic heterocycles. The van der Waals surface area contributed by atoms with E-state index in [1.54, 1.807) is 0 Å². The molecule has 5 heteroatoms. The van der Waals surface area contributed by atoms with E-state index in [-0.39, 0.29) is 0 Å². The Kier molecular flexibility index (Phi) is 4.51. The van der Waals surface area contributed by atoms with Gasteiger partial charge in [-0.3, -0.25) is 9.59 Å². The van der Waals surface area contributed by atoms with Crippen LogP contribution in [0.25, 0.3) is 0 Å². The molecular formula is C12H22N2O3. The van der Waals surface area contributed by atoms with E-state index in [2.05, 4.69) is 17.3 Å². The molecule has 0 spiro atoms. The SMILES string of the molecule is CN1CCC(CCNC(=O)C(C)(C)C(=O)O)C1. The lowest BCUT2D eigenvalue weighted by molar-refractivity contribution is -0.153. The molecule has 5 nitrogen and oxygen atoms in total. The number of nitrogens with zero attached hydrogens (tertiary/aromatic N) is 1. The summed E-state index contributed by atoms with van der Waals surface area (Å²) in [6, 6.07) is 0. The summed E-state index contributed by atoms with van der Waals surface area (Å²) < 4.78 is 0. The lowest BCUT2D eigenvalue weighted by atomic mass is 9.92. The summed E-state index contributed by atoms with van der Waals surface area (Å²) in [5.41, 5.74) is -1.34. The fourth-order valence-electron chi connectivity index (χ4n) is 1.97. The molecule has 0 bridgehead atoms. The average molecular weight is 242 g/mol. The fourth-order valence-corrected chi connectivity index (χ4v) is 1.97. The van der Waals surface area contributed by atoms with Crippen molar-refractivity contribution in [3.63, 3.8) is 0 Å². The molecule has 1 aliphatic rings. The number of hydrogen-bond acceptors (Lipinski definition) is 3. The number of hydrogen-bond donors (Lipinski definition) is 2. The molecule has 0 aromatic rings. The van der Waals surface area contributed by atoms with Gasteiger partial charge in [-0.2, -0.15) is 0 Å². The number of rotatable bonds is 5. The minimum Gasteiger partial charge on any atom is -0.480 e. The third-order valence-electron chi connectivity index (χ3n) is 3.43. The van der Waals surface area contributed by atoms with Crippen molar-refractivity contribution in [2.75, 3.05) is 26.7 Å². The van der Waals surface area contributed by atoms with Gasteiger partial charge in [0.25, 0.3) is 0 Å². The molecule has 0 saturated carbocycles. The molecule has 98 valence electrons. The first kappa shape index (κ1) is 14.0. The Balaban J connectivity index is 2.27. The molecule has 1 fully saturated rings. The molecule has 1 saturated heterocycles. The Morgan fingerprint density at radius 3 is 2.59 bits per heavy atom. The van der Waals surface area contributed by atoms with Gasteiger partial charge in [0, 0.05) is 13.1 Å². The van der Waals surface area contributed by atoms with E-state index in [1.165, 1.54) is 13.8 Å². The van der Waals surface area contributed by atoms with E-state index in [0.717, 1.165) is 25.9 Å². The Morgan fingerprint density at radius 1 is 1.47 bits per heavy atom. The van der Waals surface area contributed by atoms with Crippen molar-refractivity contribution < 1.29 is 14.7 Å². The van der Waals surface area contributed by atoms with Crippen LogP contribution in [-0.2, 0) is 9.59 Å². The van der Waals surface area contributed by atoms with Crippen LogP contribution in [0.2, 0.25) is 0 Å². The van der Waals surface area contributed by atoms with Crippen LogP contribution in [0.15, 0.2) is 0 Å². The second-order valence-corrected chi connectivity index (χ2v) is 5.39. The molecule has 1 aliphatic heterocycles. The largest absolute Gasteiger partial charge is 0.480 e. The number of carboxylic acid groups (broad SMARTS) is 1. The predicted molar refractivity (Wildman–Crippen MR) is 64.6 cm³/mol. The lowest BCUT2D eigenvalue weighted by Crippen LogP contribution is -2.42. The van der Waals surface area contributed by atoms with Crippen molar-refractivity contribution in [2.24, 2.45) is 11.3 Å².